The van der Waals surface area contributed by atoms with Gasteiger partial charge in [-0.25, -0.2) is 4.39 Å². The molecule has 2 rings (SSSR count). The van der Waals surface area contributed by atoms with Gasteiger partial charge in [-0.1, -0.05) is 6.07 Å². The summed E-state index contributed by atoms with van der Waals surface area (Å²) in [5, 5.41) is 9.22. The van der Waals surface area contributed by atoms with Crippen LogP contribution in [0.2, 0.25) is 0 Å². The molecule has 3 heteroatoms. The van der Waals surface area contributed by atoms with Gasteiger partial charge < -0.3 is 5.11 Å². The fourth-order valence-electron chi connectivity index (χ4n) is 2.32. The van der Waals surface area contributed by atoms with Crippen molar-refractivity contribution in [3.05, 3.63) is 34.1 Å². The largest absolute Gasteiger partial charge is 0.481 e. The summed E-state index contributed by atoms with van der Waals surface area (Å²) in [6.45, 7) is 5.38. The number of aryl methyl sites for hydroxylation is 2. The number of aliphatic carboxylic acids is 1. The molecule has 1 aromatic rings. The molecule has 1 saturated carbocycles. The maximum atomic E-state index is 14.1. The molecule has 86 valence electrons. The van der Waals surface area contributed by atoms with Crippen molar-refractivity contribution in [1.82, 2.24) is 0 Å². The molecule has 0 radical (unpaired) electrons. The quantitative estimate of drug-likeness (QED) is 0.835. The van der Waals surface area contributed by atoms with Crippen LogP contribution in [0.5, 0.6) is 0 Å². The fourth-order valence-corrected chi connectivity index (χ4v) is 2.32. The van der Waals surface area contributed by atoms with Crippen LogP contribution < -0.4 is 0 Å². The first kappa shape index (κ1) is 11.1. The van der Waals surface area contributed by atoms with E-state index in [1.165, 1.54) is 0 Å². The van der Waals surface area contributed by atoms with E-state index in [2.05, 4.69) is 0 Å². The van der Waals surface area contributed by atoms with Gasteiger partial charge in [-0.2, -0.15) is 0 Å². The lowest BCUT2D eigenvalue weighted by atomic mass is 9.87. The van der Waals surface area contributed by atoms with Crippen LogP contribution in [0.1, 0.15) is 35.1 Å². The molecule has 0 amide bonds. The topological polar surface area (TPSA) is 37.3 Å². The SMILES string of the molecule is Cc1cc(C)c(F)c(C2(C(=O)O)CC2)c1C. The van der Waals surface area contributed by atoms with Gasteiger partial charge in [0.25, 0.3) is 0 Å². The van der Waals surface area contributed by atoms with Crippen LogP contribution in [-0.4, -0.2) is 11.1 Å². The lowest BCUT2D eigenvalue weighted by Crippen LogP contribution is -2.23. The molecule has 0 unspecified atom stereocenters. The number of carbonyl (C=O) groups is 1. The van der Waals surface area contributed by atoms with Crippen molar-refractivity contribution >= 4 is 5.97 Å². The Morgan fingerprint density at radius 1 is 1.31 bits per heavy atom. The molecule has 1 fully saturated rings. The highest BCUT2D eigenvalue weighted by Crippen LogP contribution is 2.51. The third-order valence-electron chi connectivity index (χ3n) is 3.60. The van der Waals surface area contributed by atoms with Gasteiger partial charge in [-0.3, -0.25) is 4.79 Å². The van der Waals surface area contributed by atoms with Crippen LogP contribution in [0.3, 0.4) is 0 Å². The van der Waals surface area contributed by atoms with Crippen LogP contribution >= 0.6 is 0 Å². The number of halogens is 1. The van der Waals surface area contributed by atoms with Crippen molar-refractivity contribution in [2.75, 3.05) is 0 Å². The lowest BCUT2D eigenvalue weighted by molar-refractivity contribution is -0.140. The number of hydrogen-bond acceptors (Lipinski definition) is 1. The second-order valence-corrected chi connectivity index (χ2v) is 4.71. The van der Waals surface area contributed by atoms with Crippen molar-refractivity contribution in [2.45, 2.75) is 39.0 Å². The van der Waals surface area contributed by atoms with E-state index < -0.39 is 11.4 Å². The Morgan fingerprint density at radius 3 is 2.31 bits per heavy atom. The minimum atomic E-state index is -0.953. The summed E-state index contributed by atoms with van der Waals surface area (Å²) in [5.41, 5.74) is 1.72. The molecular formula is C13H15FO2. The molecule has 1 N–H and O–H groups in total. The highest BCUT2D eigenvalue weighted by molar-refractivity contribution is 5.85. The first-order valence-electron chi connectivity index (χ1n) is 5.40. The third kappa shape index (κ3) is 1.34. The van der Waals surface area contributed by atoms with E-state index in [-0.39, 0.29) is 5.82 Å². The summed E-state index contributed by atoms with van der Waals surface area (Å²) in [7, 11) is 0. The zero-order chi connectivity index (χ0) is 12.1. The second-order valence-electron chi connectivity index (χ2n) is 4.71. The predicted molar refractivity (Wildman–Crippen MR) is 59.2 cm³/mol. The van der Waals surface area contributed by atoms with Gasteiger partial charge in [-0.15, -0.1) is 0 Å². The van der Waals surface area contributed by atoms with Gasteiger partial charge in [0, 0.05) is 5.56 Å². The van der Waals surface area contributed by atoms with E-state index in [9.17, 15) is 14.3 Å². The van der Waals surface area contributed by atoms with Crippen LogP contribution in [0.15, 0.2) is 6.07 Å². The number of rotatable bonds is 2. The van der Waals surface area contributed by atoms with E-state index in [0.29, 0.717) is 24.0 Å². The molecule has 0 aliphatic heterocycles. The maximum Gasteiger partial charge on any atom is 0.314 e. The molecule has 1 aromatic carbocycles. The summed E-state index contributed by atoms with van der Waals surface area (Å²) in [5.74, 6) is -1.25. The average Bonchev–Trinajstić information content (AvgIpc) is 2.97. The molecule has 0 heterocycles. The minimum absolute atomic E-state index is 0.344. The van der Waals surface area contributed by atoms with Crippen LogP contribution in [0, 0.1) is 26.6 Å². The van der Waals surface area contributed by atoms with Crippen molar-refractivity contribution in [3.8, 4) is 0 Å². The summed E-state index contributed by atoms with van der Waals surface area (Å²) in [4.78, 5) is 11.2. The summed E-state index contributed by atoms with van der Waals surface area (Å²) < 4.78 is 14.1. The van der Waals surface area contributed by atoms with Crippen LogP contribution in [0.4, 0.5) is 4.39 Å². The summed E-state index contributed by atoms with van der Waals surface area (Å²) in [6, 6.07) is 1.77. The number of hydrogen-bond donors (Lipinski definition) is 1. The highest BCUT2D eigenvalue weighted by atomic mass is 19.1. The zero-order valence-electron chi connectivity index (χ0n) is 9.72. The molecule has 0 atom stereocenters. The third-order valence-corrected chi connectivity index (χ3v) is 3.60. The molecule has 0 aromatic heterocycles. The standard InChI is InChI=1S/C13H15FO2/c1-7-6-8(2)11(14)10(9(7)3)13(4-5-13)12(15)16/h6H,4-5H2,1-3H3,(H,15,16). The number of carboxylic acid groups (broad SMARTS) is 1. The van der Waals surface area contributed by atoms with Crippen molar-refractivity contribution in [3.63, 3.8) is 0 Å². The second kappa shape index (κ2) is 3.30. The van der Waals surface area contributed by atoms with Crippen molar-refractivity contribution < 1.29 is 14.3 Å². The Kier molecular flexibility index (Phi) is 2.30. The van der Waals surface area contributed by atoms with E-state index in [1.807, 2.05) is 6.92 Å². The molecule has 2 nitrogen and oxygen atoms in total. The molecule has 1 aliphatic carbocycles. The molecule has 0 bridgehead atoms. The normalized spacial score (nSPS) is 17.2. The predicted octanol–water partition coefficient (Wildman–Crippen LogP) is 2.87. The van der Waals surface area contributed by atoms with Crippen molar-refractivity contribution in [1.29, 1.82) is 0 Å². The van der Waals surface area contributed by atoms with Crippen LogP contribution in [-0.2, 0) is 10.2 Å². The molecule has 16 heavy (non-hydrogen) atoms. The zero-order valence-corrected chi connectivity index (χ0v) is 9.72. The van der Waals surface area contributed by atoms with E-state index >= 15 is 0 Å². The van der Waals surface area contributed by atoms with E-state index in [0.717, 1.165) is 11.1 Å². The Bertz CT molecular complexity index is 447. The van der Waals surface area contributed by atoms with Gasteiger partial charge in [-0.05, 0) is 50.3 Å². The maximum absolute atomic E-state index is 14.1. The van der Waals surface area contributed by atoms with Crippen LogP contribution in [0.25, 0.3) is 0 Å². The summed E-state index contributed by atoms with van der Waals surface area (Å²) >= 11 is 0. The molecular weight excluding hydrogens is 207 g/mol. The monoisotopic (exact) mass is 222 g/mol. The van der Waals surface area contributed by atoms with E-state index in [4.69, 9.17) is 0 Å². The Morgan fingerprint density at radius 2 is 1.88 bits per heavy atom. The van der Waals surface area contributed by atoms with Gasteiger partial charge in [0.1, 0.15) is 5.82 Å². The van der Waals surface area contributed by atoms with Gasteiger partial charge in [0.15, 0.2) is 0 Å². The van der Waals surface area contributed by atoms with Gasteiger partial charge in [0.2, 0.25) is 0 Å². The molecule has 1 aliphatic rings. The molecule has 0 spiro atoms. The first-order chi connectivity index (χ1) is 7.40. The summed E-state index contributed by atoms with van der Waals surface area (Å²) in [6.07, 6.45) is 1.09. The lowest BCUT2D eigenvalue weighted by Gasteiger charge is -2.18. The highest BCUT2D eigenvalue weighted by Gasteiger charge is 2.54. The Labute approximate surface area is 94.1 Å². The van der Waals surface area contributed by atoms with Crippen molar-refractivity contribution in [2.24, 2.45) is 0 Å². The molecule has 0 saturated heterocycles. The smallest absolute Gasteiger partial charge is 0.314 e. The number of benzene rings is 1. The number of carboxylic acids is 1. The Balaban J connectivity index is 2.70. The van der Waals surface area contributed by atoms with Gasteiger partial charge >= 0.3 is 5.97 Å². The van der Waals surface area contributed by atoms with Gasteiger partial charge in [0.05, 0.1) is 5.41 Å². The minimum Gasteiger partial charge on any atom is -0.481 e. The Hall–Kier alpha value is -1.38. The fraction of sp³-hybridized carbons (Fsp3) is 0.462. The first-order valence-corrected chi connectivity index (χ1v) is 5.40. The van der Waals surface area contributed by atoms with E-state index in [1.54, 1.807) is 19.9 Å². The average molecular weight is 222 g/mol.